The van der Waals surface area contributed by atoms with Crippen LogP contribution in [0.4, 0.5) is 0 Å². The first-order chi connectivity index (χ1) is 9.17. The maximum Gasteiger partial charge on any atom is 0.310 e. The molecule has 2 rings (SSSR count). The Kier molecular flexibility index (Phi) is 4.55. The third kappa shape index (κ3) is 4.09. The Balaban J connectivity index is 1.80. The number of rotatable bonds is 4. The smallest absolute Gasteiger partial charge is 0.310 e. The zero-order chi connectivity index (χ0) is 13.7. The Morgan fingerprint density at radius 1 is 1.42 bits per heavy atom. The van der Waals surface area contributed by atoms with Gasteiger partial charge in [0.1, 0.15) is 6.10 Å². The van der Waals surface area contributed by atoms with Gasteiger partial charge >= 0.3 is 5.97 Å². The first-order valence-corrected chi connectivity index (χ1v) is 6.62. The highest BCUT2D eigenvalue weighted by Gasteiger charge is 2.21. The molecule has 4 nitrogen and oxygen atoms in total. The average Bonchev–Trinajstić information content (AvgIpc) is 2.39. The van der Waals surface area contributed by atoms with Crippen molar-refractivity contribution in [1.82, 2.24) is 4.90 Å². The minimum absolute atomic E-state index is 0.0477. The summed E-state index contributed by atoms with van der Waals surface area (Å²) < 4.78 is 5.45. The van der Waals surface area contributed by atoms with E-state index in [1.54, 1.807) is 4.90 Å². The van der Waals surface area contributed by atoms with E-state index in [9.17, 15) is 9.59 Å². The molecule has 0 radical (unpaired) electrons. The SMILES string of the molecule is Cc1cccc(CC(=O)OC2CCN(C=O)CC2)c1. The van der Waals surface area contributed by atoms with Crippen LogP contribution in [-0.2, 0) is 20.7 Å². The van der Waals surface area contributed by atoms with E-state index in [-0.39, 0.29) is 12.1 Å². The predicted molar refractivity (Wildman–Crippen MR) is 71.6 cm³/mol. The highest BCUT2D eigenvalue weighted by atomic mass is 16.5. The van der Waals surface area contributed by atoms with E-state index in [2.05, 4.69) is 0 Å². The Hall–Kier alpha value is -1.84. The molecule has 0 N–H and O–H groups in total. The number of benzene rings is 1. The van der Waals surface area contributed by atoms with Crippen LogP contribution in [0.1, 0.15) is 24.0 Å². The Labute approximate surface area is 113 Å². The van der Waals surface area contributed by atoms with Gasteiger partial charge in [-0.15, -0.1) is 0 Å². The van der Waals surface area contributed by atoms with Crippen molar-refractivity contribution in [2.45, 2.75) is 32.3 Å². The lowest BCUT2D eigenvalue weighted by Crippen LogP contribution is -2.37. The van der Waals surface area contributed by atoms with Gasteiger partial charge in [0.2, 0.25) is 6.41 Å². The maximum absolute atomic E-state index is 11.8. The van der Waals surface area contributed by atoms with E-state index in [0.29, 0.717) is 19.5 Å². The molecule has 0 aromatic heterocycles. The molecule has 19 heavy (non-hydrogen) atoms. The summed E-state index contributed by atoms with van der Waals surface area (Å²) >= 11 is 0. The fraction of sp³-hybridized carbons (Fsp3) is 0.467. The van der Waals surface area contributed by atoms with Gasteiger partial charge in [-0.05, 0) is 12.5 Å². The van der Waals surface area contributed by atoms with Gasteiger partial charge in [0.05, 0.1) is 6.42 Å². The van der Waals surface area contributed by atoms with Crippen molar-refractivity contribution in [1.29, 1.82) is 0 Å². The molecule has 1 saturated heterocycles. The van der Waals surface area contributed by atoms with Crippen LogP contribution in [0.2, 0.25) is 0 Å². The summed E-state index contributed by atoms with van der Waals surface area (Å²) in [6.45, 7) is 3.35. The quantitative estimate of drug-likeness (QED) is 0.612. The number of nitrogens with zero attached hydrogens (tertiary/aromatic N) is 1. The summed E-state index contributed by atoms with van der Waals surface area (Å²) in [6, 6.07) is 7.88. The summed E-state index contributed by atoms with van der Waals surface area (Å²) in [4.78, 5) is 24.1. The van der Waals surface area contributed by atoms with Gasteiger partial charge < -0.3 is 9.64 Å². The lowest BCUT2D eigenvalue weighted by molar-refractivity contribution is -0.150. The van der Waals surface area contributed by atoms with Crippen molar-refractivity contribution in [2.24, 2.45) is 0 Å². The van der Waals surface area contributed by atoms with E-state index in [1.165, 1.54) is 0 Å². The van der Waals surface area contributed by atoms with Crippen LogP contribution in [0, 0.1) is 6.92 Å². The second-order valence-electron chi connectivity index (χ2n) is 5.00. The second-order valence-corrected chi connectivity index (χ2v) is 5.00. The van der Waals surface area contributed by atoms with E-state index >= 15 is 0 Å². The van der Waals surface area contributed by atoms with Gasteiger partial charge in [-0.3, -0.25) is 9.59 Å². The fourth-order valence-electron chi connectivity index (χ4n) is 2.32. The molecule has 0 atom stereocenters. The number of carbonyl (C=O) groups is 2. The maximum atomic E-state index is 11.8. The summed E-state index contributed by atoms with van der Waals surface area (Å²) in [6.07, 6.45) is 2.59. The van der Waals surface area contributed by atoms with Crippen LogP contribution in [0.5, 0.6) is 0 Å². The monoisotopic (exact) mass is 261 g/mol. The average molecular weight is 261 g/mol. The lowest BCUT2D eigenvalue weighted by atomic mass is 10.1. The molecule has 1 heterocycles. The largest absolute Gasteiger partial charge is 0.462 e. The van der Waals surface area contributed by atoms with E-state index in [0.717, 1.165) is 30.4 Å². The zero-order valence-corrected chi connectivity index (χ0v) is 11.2. The Bertz CT molecular complexity index is 450. The van der Waals surface area contributed by atoms with Crippen LogP contribution in [0.25, 0.3) is 0 Å². The standard InChI is InChI=1S/C15H19NO3/c1-12-3-2-4-13(9-12)10-15(18)19-14-5-7-16(11-17)8-6-14/h2-4,9,11,14H,5-8,10H2,1H3. The number of likely N-dealkylation sites (tertiary alicyclic amines) is 1. The molecule has 0 spiro atoms. The van der Waals surface area contributed by atoms with Crippen molar-refractivity contribution in [3.63, 3.8) is 0 Å². The third-order valence-corrected chi connectivity index (χ3v) is 3.35. The molecule has 0 unspecified atom stereocenters. The summed E-state index contributed by atoms with van der Waals surface area (Å²) in [7, 11) is 0. The van der Waals surface area contributed by atoms with Gasteiger partial charge in [-0.1, -0.05) is 29.8 Å². The molecule has 1 aromatic rings. The molecule has 0 bridgehead atoms. The fourth-order valence-corrected chi connectivity index (χ4v) is 2.32. The van der Waals surface area contributed by atoms with Crippen molar-refractivity contribution >= 4 is 12.4 Å². The van der Waals surface area contributed by atoms with Crippen LogP contribution < -0.4 is 0 Å². The van der Waals surface area contributed by atoms with E-state index < -0.39 is 0 Å². The van der Waals surface area contributed by atoms with E-state index in [1.807, 2.05) is 31.2 Å². The predicted octanol–water partition coefficient (Wildman–Crippen LogP) is 1.70. The first-order valence-electron chi connectivity index (χ1n) is 6.62. The van der Waals surface area contributed by atoms with Gasteiger partial charge in [-0.25, -0.2) is 0 Å². The number of amides is 1. The number of esters is 1. The Morgan fingerprint density at radius 3 is 2.79 bits per heavy atom. The normalized spacial score (nSPS) is 16.2. The van der Waals surface area contributed by atoms with Crippen molar-refractivity contribution < 1.29 is 14.3 Å². The van der Waals surface area contributed by atoms with Crippen LogP contribution in [0.15, 0.2) is 24.3 Å². The minimum Gasteiger partial charge on any atom is -0.462 e. The van der Waals surface area contributed by atoms with E-state index in [4.69, 9.17) is 4.74 Å². The highest BCUT2D eigenvalue weighted by molar-refractivity contribution is 5.72. The van der Waals surface area contributed by atoms with Crippen molar-refractivity contribution in [3.8, 4) is 0 Å². The molecular formula is C15H19NO3. The number of hydrogen-bond acceptors (Lipinski definition) is 3. The van der Waals surface area contributed by atoms with Crippen molar-refractivity contribution in [3.05, 3.63) is 35.4 Å². The summed E-state index contributed by atoms with van der Waals surface area (Å²) in [5, 5.41) is 0. The van der Waals surface area contributed by atoms with Crippen LogP contribution in [0.3, 0.4) is 0 Å². The Morgan fingerprint density at radius 2 is 2.16 bits per heavy atom. The molecule has 1 aliphatic heterocycles. The molecule has 1 aromatic carbocycles. The molecule has 102 valence electrons. The van der Waals surface area contributed by atoms with Gasteiger partial charge in [0, 0.05) is 25.9 Å². The number of ether oxygens (including phenoxy) is 1. The lowest BCUT2D eigenvalue weighted by Gasteiger charge is -2.28. The molecule has 0 aliphatic carbocycles. The molecule has 1 aliphatic rings. The zero-order valence-electron chi connectivity index (χ0n) is 11.2. The van der Waals surface area contributed by atoms with Gasteiger partial charge in [0.15, 0.2) is 0 Å². The summed E-state index contributed by atoms with van der Waals surface area (Å²) in [5.74, 6) is -0.185. The van der Waals surface area contributed by atoms with Gasteiger partial charge in [-0.2, -0.15) is 0 Å². The van der Waals surface area contributed by atoms with Crippen LogP contribution in [-0.4, -0.2) is 36.5 Å². The topological polar surface area (TPSA) is 46.6 Å². The van der Waals surface area contributed by atoms with Gasteiger partial charge in [0.25, 0.3) is 0 Å². The number of piperidine rings is 1. The third-order valence-electron chi connectivity index (χ3n) is 3.35. The number of aryl methyl sites for hydroxylation is 1. The molecular weight excluding hydrogens is 242 g/mol. The summed E-state index contributed by atoms with van der Waals surface area (Å²) in [5.41, 5.74) is 2.12. The number of carbonyl (C=O) groups excluding carboxylic acids is 2. The van der Waals surface area contributed by atoms with Crippen molar-refractivity contribution in [2.75, 3.05) is 13.1 Å². The second kappa shape index (κ2) is 6.36. The molecule has 1 amide bonds. The molecule has 1 fully saturated rings. The molecule has 4 heteroatoms. The molecule has 0 saturated carbocycles. The van der Waals surface area contributed by atoms with Crippen LogP contribution >= 0.6 is 0 Å². The minimum atomic E-state index is -0.185. The highest BCUT2D eigenvalue weighted by Crippen LogP contribution is 2.14. The number of hydrogen-bond donors (Lipinski definition) is 0. The first kappa shape index (κ1) is 13.6.